The van der Waals surface area contributed by atoms with Crippen molar-refractivity contribution in [2.24, 2.45) is 0 Å². The van der Waals surface area contributed by atoms with Gasteiger partial charge in [-0.1, -0.05) is 6.92 Å². The molecule has 1 aliphatic carbocycles. The molecule has 27 heavy (non-hydrogen) atoms. The van der Waals surface area contributed by atoms with Crippen LogP contribution in [0.15, 0.2) is 0 Å². The Kier molecular flexibility index (Phi) is 4.70. The van der Waals surface area contributed by atoms with Crippen LogP contribution in [-0.2, 0) is 17.6 Å². The van der Waals surface area contributed by atoms with Crippen LogP contribution >= 0.6 is 0 Å². The van der Waals surface area contributed by atoms with Crippen molar-refractivity contribution in [2.45, 2.75) is 72.3 Å². The molecule has 1 unspecified atom stereocenters. The van der Waals surface area contributed by atoms with Gasteiger partial charge in [-0.05, 0) is 76.1 Å². The maximum absolute atomic E-state index is 12.6. The number of H-pyrrole nitrogens is 2. The first-order valence-electron chi connectivity index (χ1n) is 9.44. The minimum atomic E-state index is -0.937. The highest BCUT2D eigenvalue weighted by Gasteiger charge is 2.34. The van der Waals surface area contributed by atoms with E-state index in [1.54, 1.807) is 0 Å². The molecule has 0 aromatic carbocycles. The summed E-state index contributed by atoms with van der Waals surface area (Å²) in [7, 11) is 0. The topological polar surface area (TPSA) is 95.2 Å². The van der Waals surface area contributed by atoms with Crippen LogP contribution in [0.3, 0.4) is 0 Å². The van der Waals surface area contributed by atoms with Gasteiger partial charge in [0.2, 0.25) is 0 Å². The monoisotopic (exact) mass is 372 g/mol. The van der Waals surface area contributed by atoms with E-state index in [1.165, 1.54) is 0 Å². The first kappa shape index (κ1) is 19.3. The minimum Gasteiger partial charge on any atom is -0.477 e. The highest BCUT2D eigenvalue weighted by molar-refractivity contribution is 5.90. The lowest BCUT2D eigenvalue weighted by molar-refractivity contribution is 0.00623. The van der Waals surface area contributed by atoms with Gasteiger partial charge in [0.05, 0.1) is 0 Å². The molecule has 0 saturated carbocycles. The third-order valence-corrected chi connectivity index (χ3v) is 5.38. The number of hydrogen-bond acceptors (Lipinski definition) is 3. The fourth-order valence-corrected chi connectivity index (χ4v) is 4.15. The van der Waals surface area contributed by atoms with Crippen molar-refractivity contribution in [1.82, 2.24) is 9.97 Å². The fourth-order valence-electron chi connectivity index (χ4n) is 4.15. The normalized spacial score (nSPS) is 16.4. The fraction of sp³-hybridized carbons (Fsp3) is 0.524. The largest absolute Gasteiger partial charge is 0.477 e. The number of carboxylic acid groups (broad SMARTS) is 1. The second-order valence-corrected chi connectivity index (χ2v) is 8.29. The molecule has 0 spiro atoms. The molecule has 0 bridgehead atoms. The molecule has 0 radical (unpaired) electrons. The maximum atomic E-state index is 12.6. The van der Waals surface area contributed by atoms with Crippen molar-refractivity contribution in [3.05, 3.63) is 45.0 Å². The Morgan fingerprint density at radius 2 is 1.74 bits per heavy atom. The van der Waals surface area contributed by atoms with E-state index >= 15 is 0 Å². The number of aromatic carboxylic acids is 1. The van der Waals surface area contributed by atoms with Gasteiger partial charge in [-0.25, -0.2) is 9.59 Å². The summed E-state index contributed by atoms with van der Waals surface area (Å²) in [4.78, 5) is 30.5. The SMILES string of the molecule is CCc1c(C2CCc3c2[nH]c(C(=O)O)c3C)[nH]c(C(=O)OC(C)(C)C)c1C. The van der Waals surface area contributed by atoms with Crippen LogP contribution in [0.2, 0.25) is 0 Å². The van der Waals surface area contributed by atoms with Gasteiger partial charge < -0.3 is 19.8 Å². The molecule has 0 aliphatic heterocycles. The van der Waals surface area contributed by atoms with E-state index in [0.29, 0.717) is 5.69 Å². The van der Waals surface area contributed by atoms with Crippen molar-refractivity contribution in [3.63, 3.8) is 0 Å². The number of fused-ring (bicyclic) bond motifs is 1. The molecule has 2 aromatic heterocycles. The van der Waals surface area contributed by atoms with E-state index in [4.69, 9.17) is 4.74 Å². The van der Waals surface area contributed by atoms with E-state index in [0.717, 1.165) is 52.9 Å². The molecule has 146 valence electrons. The van der Waals surface area contributed by atoms with Crippen LogP contribution in [0, 0.1) is 13.8 Å². The molecule has 1 aliphatic rings. The van der Waals surface area contributed by atoms with Gasteiger partial charge in [0.15, 0.2) is 0 Å². The average molecular weight is 372 g/mol. The molecule has 3 N–H and O–H groups in total. The molecule has 0 fully saturated rings. The van der Waals surface area contributed by atoms with E-state index in [9.17, 15) is 14.7 Å². The summed E-state index contributed by atoms with van der Waals surface area (Å²) in [5.41, 5.74) is 6.07. The van der Waals surface area contributed by atoms with Gasteiger partial charge in [0.1, 0.15) is 17.0 Å². The summed E-state index contributed by atoms with van der Waals surface area (Å²) < 4.78 is 5.55. The van der Waals surface area contributed by atoms with Crippen molar-refractivity contribution >= 4 is 11.9 Å². The Bertz CT molecular complexity index is 912. The first-order chi connectivity index (χ1) is 12.5. The van der Waals surface area contributed by atoms with Crippen LogP contribution in [0.5, 0.6) is 0 Å². The van der Waals surface area contributed by atoms with Gasteiger partial charge in [0.25, 0.3) is 0 Å². The first-order valence-corrected chi connectivity index (χ1v) is 9.44. The van der Waals surface area contributed by atoms with Crippen molar-refractivity contribution < 1.29 is 19.4 Å². The molecule has 3 rings (SSSR count). The number of carboxylic acids is 1. The highest BCUT2D eigenvalue weighted by atomic mass is 16.6. The van der Waals surface area contributed by atoms with E-state index < -0.39 is 11.6 Å². The highest BCUT2D eigenvalue weighted by Crippen LogP contribution is 2.42. The maximum Gasteiger partial charge on any atom is 0.355 e. The van der Waals surface area contributed by atoms with Crippen molar-refractivity contribution in [2.75, 3.05) is 0 Å². The van der Waals surface area contributed by atoms with Gasteiger partial charge in [-0.3, -0.25) is 0 Å². The molecule has 0 amide bonds. The number of carbonyl (C=O) groups excluding carboxylic acids is 1. The van der Waals surface area contributed by atoms with E-state index in [1.807, 2.05) is 34.6 Å². The quantitative estimate of drug-likeness (QED) is 0.699. The smallest absolute Gasteiger partial charge is 0.355 e. The third-order valence-electron chi connectivity index (χ3n) is 5.38. The molecule has 1 atom stereocenters. The summed E-state index contributed by atoms with van der Waals surface area (Å²) in [6.45, 7) is 11.4. The lowest BCUT2D eigenvalue weighted by Gasteiger charge is -2.19. The Labute approximate surface area is 159 Å². The van der Waals surface area contributed by atoms with Gasteiger partial charge in [0, 0.05) is 17.3 Å². The number of aromatic nitrogens is 2. The molecular weight excluding hydrogens is 344 g/mol. The molecular formula is C21H28N2O4. The zero-order valence-corrected chi connectivity index (χ0v) is 16.9. The number of hydrogen-bond donors (Lipinski definition) is 3. The number of aromatic amines is 2. The lowest BCUT2D eigenvalue weighted by Crippen LogP contribution is -2.24. The third kappa shape index (κ3) is 3.29. The van der Waals surface area contributed by atoms with Gasteiger partial charge in [-0.2, -0.15) is 0 Å². The summed E-state index contributed by atoms with van der Waals surface area (Å²) in [5.74, 6) is -1.25. The number of nitrogens with one attached hydrogen (secondary N) is 2. The van der Waals surface area contributed by atoms with Gasteiger partial charge in [-0.15, -0.1) is 0 Å². The summed E-state index contributed by atoms with van der Waals surface area (Å²) in [5, 5.41) is 9.41. The number of esters is 1. The Morgan fingerprint density at radius 3 is 2.30 bits per heavy atom. The van der Waals surface area contributed by atoms with E-state index in [2.05, 4.69) is 16.9 Å². The minimum absolute atomic E-state index is 0.0386. The number of carbonyl (C=O) groups is 2. The second-order valence-electron chi connectivity index (χ2n) is 8.29. The van der Waals surface area contributed by atoms with Crippen LogP contribution in [0.1, 0.15) is 94.7 Å². The molecule has 2 heterocycles. The Morgan fingerprint density at radius 1 is 1.11 bits per heavy atom. The predicted octanol–water partition coefficient (Wildman–Crippen LogP) is 4.25. The van der Waals surface area contributed by atoms with Crippen molar-refractivity contribution in [3.8, 4) is 0 Å². The van der Waals surface area contributed by atoms with Crippen LogP contribution < -0.4 is 0 Å². The standard InChI is InChI=1S/C21H28N2O4/c1-7-12-10(2)16(20(26)27-21(4,5)6)23-17(12)14-9-8-13-11(3)15(19(24)25)22-18(13)14/h14,22-23H,7-9H2,1-6H3,(H,24,25). The summed E-state index contributed by atoms with van der Waals surface area (Å²) >= 11 is 0. The molecule has 6 heteroatoms. The zero-order valence-electron chi connectivity index (χ0n) is 16.9. The summed E-state index contributed by atoms with van der Waals surface area (Å²) in [6.07, 6.45) is 2.51. The Balaban J connectivity index is 2.05. The van der Waals surface area contributed by atoms with Crippen LogP contribution in [0.25, 0.3) is 0 Å². The van der Waals surface area contributed by atoms with Crippen LogP contribution in [0.4, 0.5) is 0 Å². The van der Waals surface area contributed by atoms with Crippen LogP contribution in [-0.4, -0.2) is 32.6 Å². The summed E-state index contributed by atoms with van der Waals surface area (Å²) in [6, 6.07) is 0. The molecule has 6 nitrogen and oxygen atoms in total. The Hall–Kier alpha value is -2.50. The lowest BCUT2D eigenvalue weighted by atomic mass is 9.96. The number of rotatable bonds is 4. The second kappa shape index (κ2) is 6.59. The van der Waals surface area contributed by atoms with Gasteiger partial charge >= 0.3 is 11.9 Å². The predicted molar refractivity (Wildman–Crippen MR) is 103 cm³/mol. The zero-order chi connectivity index (χ0) is 20.1. The number of ether oxygens (including phenoxy) is 1. The van der Waals surface area contributed by atoms with Crippen molar-refractivity contribution in [1.29, 1.82) is 0 Å². The average Bonchev–Trinajstić information content (AvgIpc) is 3.18. The molecule has 2 aromatic rings. The van der Waals surface area contributed by atoms with E-state index in [-0.39, 0.29) is 17.6 Å². The molecule has 0 saturated heterocycles.